The molecule has 0 radical (unpaired) electrons. The first-order chi connectivity index (χ1) is 12.2. The van der Waals surface area contributed by atoms with Crippen molar-refractivity contribution in [3.05, 3.63) is 83.3 Å². The molecule has 1 heterocycles. The van der Waals surface area contributed by atoms with Crippen LogP contribution < -0.4 is 5.32 Å². The zero-order chi connectivity index (χ0) is 17.3. The van der Waals surface area contributed by atoms with Crippen LogP contribution in [0.25, 0.3) is 0 Å². The summed E-state index contributed by atoms with van der Waals surface area (Å²) in [6.45, 7) is 0.157. The van der Waals surface area contributed by atoms with Gasteiger partial charge in [0.25, 0.3) is 5.91 Å². The van der Waals surface area contributed by atoms with E-state index in [1.54, 1.807) is 42.5 Å². The Morgan fingerprint density at radius 3 is 2.56 bits per heavy atom. The molecule has 1 fully saturated rings. The Hall–Kier alpha value is -3.02. The first kappa shape index (κ1) is 15.5. The van der Waals surface area contributed by atoms with Gasteiger partial charge in [-0.25, -0.2) is 4.39 Å². The monoisotopic (exact) mass is 337 g/mol. The second-order valence-corrected chi connectivity index (χ2v) is 6.13. The standard InChI is InChI=1S/C19H16FN3O2/c20-15-9-5-4-8-14(15)19(10-11-19)18-22-16(23-25-18)12-21-17(24)13-6-2-1-3-7-13/h1-9H,10-12H2,(H,21,24). The summed E-state index contributed by atoms with van der Waals surface area (Å²) >= 11 is 0. The molecular weight excluding hydrogens is 321 g/mol. The molecule has 126 valence electrons. The minimum atomic E-state index is -0.528. The minimum absolute atomic E-state index is 0.157. The van der Waals surface area contributed by atoms with E-state index in [9.17, 15) is 9.18 Å². The van der Waals surface area contributed by atoms with Gasteiger partial charge in [-0.05, 0) is 31.0 Å². The van der Waals surface area contributed by atoms with Crippen molar-refractivity contribution in [3.8, 4) is 0 Å². The molecule has 6 heteroatoms. The van der Waals surface area contributed by atoms with Gasteiger partial charge in [0.15, 0.2) is 5.82 Å². The van der Waals surface area contributed by atoms with Crippen molar-refractivity contribution in [2.24, 2.45) is 0 Å². The van der Waals surface area contributed by atoms with Gasteiger partial charge in [0.2, 0.25) is 5.89 Å². The molecule has 0 bridgehead atoms. The number of hydrogen-bond donors (Lipinski definition) is 1. The van der Waals surface area contributed by atoms with Gasteiger partial charge in [-0.3, -0.25) is 4.79 Å². The largest absolute Gasteiger partial charge is 0.345 e. The molecular formula is C19H16FN3O2. The highest BCUT2D eigenvalue weighted by Gasteiger charge is 2.52. The summed E-state index contributed by atoms with van der Waals surface area (Å²) in [7, 11) is 0. The Morgan fingerprint density at radius 1 is 1.12 bits per heavy atom. The number of benzene rings is 2. The van der Waals surface area contributed by atoms with Crippen LogP contribution in [0.1, 0.15) is 40.5 Å². The van der Waals surface area contributed by atoms with E-state index in [1.807, 2.05) is 6.07 Å². The number of carbonyl (C=O) groups excluding carboxylic acids is 1. The SMILES string of the molecule is O=C(NCc1noc(C2(c3ccccc3F)CC2)n1)c1ccccc1. The molecule has 1 N–H and O–H groups in total. The average Bonchev–Trinajstić information content (AvgIpc) is 3.31. The second-order valence-electron chi connectivity index (χ2n) is 6.13. The van der Waals surface area contributed by atoms with Crippen LogP contribution in [0.2, 0.25) is 0 Å². The number of nitrogens with zero attached hydrogens (tertiary/aromatic N) is 2. The molecule has 5 nitrogen and oxygen atoms in total. The minimum Gasteiger partial charge on any atom is -0.345 e. The molecule has 0 aliphatic heterocycles. The number of amides is 1. The topological polar surface area (TPSA) is 68.0 Å². The van der Waals surface area contributed by atoms with Crippen molar-refractivity contribution < 1.29 is 13.7 Å². The van der Waals surface area contributed by atoms with Crippen molar-refractivity contribution in [2.75, 3.05) is 0 Å². The second kappa shape index (κ2) is 6.12. The number of hydrogen-bond acceptors (Lipinski definition) is 4. The lowest BCUT2D eigenvalue weighted by Gasteiger charge is -2.11. The van der Waals surface area contributed by atoms with Gasteiger partial charge in [0.05, 0.1) is 12.0 Å². The maximum absolute atomic E-state index is 14.1. The summed E-state index contributed by atoms with van der Waals surface area (Å²) in [6.07, 6.45) is 1.54. The number of rotatable bonds is 5. The van der Waals surface area contributed by atoms with Crippen molar-refractivity contribution in [1.82, 2.24) is 15.5 Å². The van der Waals surface area contributed by atoms with Crippen molar-refractivity contribution in [2.45, 2.75) is 24.8 Å². The third-order valence-electron chi connectivity index (χ3n) is 4.46. The lowest BCUT2D eigenvalue weighted by atomic mass is 9.95. The van der Waals surface area contributed by atoms with Gasteiger partial charge in [0.1, 0.15) is 5.82 Å². The highest BCUT2D eigenvalue weighted by molar-refractivity contribution is 5.93. The highest BCUT2D eigenvalue weighted by atomic mass is 19.1. The lowest BCUT2D eigenvalue weighted by molar-refractivity contribution is 0.0949. The predicted octanol–water partition coefficient (Wildman–Crippen LogP) is 3.22. The summed E-state index contributed by atoms with van der Waals surface area (Å²) < 4.78 is 19.5. The summed E-state index contributed by atoms with van der Waals surface area (Å²) in [5.41, 5.74) is 0.620. The van der Waals surface area contributed by atoms with Gasteiger partial charge >= 0.3 is 0 Å². The van der Waals surface area contributed by atoms with Gasteiger partial charge in [-0.15, -0.1) is 0 Å². The average molecular weight is 337 g/mol. The molecule has 1 aromatic heterocycles. The Morgan fingerprint density at radius 2 is 1.84 bits per heavy atom. The number of nitrogens with one attached hydrogen (secondary N) is 1. The van der Waals surface area contributed by atoms with E-state index in [1.165, 1.54) is 6.07 Å². The molecule has 0 spiro atoms. The molecule has 0 atom stereocenters. The van der Waals surface area contributed by atoms with Crippen molar-refractivity contribution in [3.63, 3.8) is 0 Å². The normalized spacial score (nSPS) is 14.9. The van der Waals surface area contributed by atoms with E-state index in [0.717, 1.165) is 12.8 Å². The summed E-state index contributed by atoms with van der Waals surface area (Å²) in [5, 5.41) is 6.67. The molecule has 1 amide bonds. The Kier molecular flexibility index (Phi) is 3.80. The van der Waals surface area contributed by atoms with Crippen LogP contribution in [0.5, 0.6) is 0 Å². The first-order valence-corrected chi connectivity index (χ1v) is 8.10. The van der Waals surface area contributed by atoms with Gasteiger partial charge in [0, 0.05) is 11.1 Å². The van der Waals surface area contributed by atoms with Crippen LogP contribution in [-0.4, -0.2) is 16.0 Å². The van der Waals surface area contributed by atoms with Crippen LogP contribution in [0.3, 0.4) is 0 Å². The van der Waals surface area contributed by atoms with Crippen LogP contribution in [0.15, 0.2) is 59.1 Å². The molecule has 25 heavy (non-hydrogen) atoms. The smallest absolute Gasteiger partial charge is 0.251 e. The van der Waals surface area contributed by atoms with E-state index in [4.69, 9.17) is 4.52 Å². The van der Waals surface area contributed by atoms with Crippen LogP contribution >= 0.6 is 0 Å². The number of carbonyl (C=O) groups is 1. The maximum atomic E-state index is 14.1. The molecule has 1 saturated carbocycles. The maximum Gasteiger partial charge on any atom is 0.251 e. The quantitative estimate of drug-likeness (QED) is 0.776. The third-order valence-corrected chi connectivity index (χ3v) is 4.46. The summed E-state index contributed by atoms with van der Waals surface area (Å²) in [4.78, 5) is 16.4. The molecule has 1 aliphatic rings. The summed E-state index contributed by atoms with van der Waals surface area (Å²) in [5.74, 6) is 0.308. The van der Waals surface area contributed by atoms with Gasteiger partial charge < -0.3 is 9.84 Å². The van der Waals surface area contributed by atoms with E-state index in [2.05, 4.69) is 15.5 Å². The zero-order valence-corrected chi connectivity index (χ0v) is 13.4. The van der Waals surface area contributed by atoms with Crippen LogP contribution in [0.4, 0.5) is 4.39 Å². The molecule has 0 unspecified atom stereocenters. The molecule has 1 aliphatic carbocycles. The molecule has 2 aromatic carbocycles. The Labute approximate surface area is 143 Å². The number of aromatic nitrogens is 2. The fourth-order valence-electron chi connectivity index (χ4n) is 2.94. The molecule has 4 rings (SSSR count). The van der Waals surface area contributed by atoms with E-state index >= 15 is 0 Å². The number of halogens is 1. The molecule has 3 aromatic rings. The highest BCUT2D eigenvalue weighted by Crippen LogP contribution is 2.53. The summed E-state index contributed by atoms with van der Waals surface area (Å²) in [6, 6.07) is 15.6. The Bertz CT molecular complexity index is 904. The molecule has 0 saturated heterocycles. The van der Waals surface area contributed by atoms with Gasteiger partial charge in [-0.1, -0.05) is 41.6 Å². The first-order valence-electron chi connectivity index (χ1n) is 8.10. The van der Waals surface area contributed by atoms with E-state index < -0.39 is 5.41 Å². The third kappa shape index (κ3) is 2.91. The fourth-order valence-corrected chi connectivity index (χ4v) is 2.94. The lowest BCUT2D eigenvalue weighted by Crippen LogP contribution is -2.23. The zero-order valence-electron chi connectivity index (χ0n) is 13.4. The van der Waals surface area contributed by atoms with Crippen molar-refractivity contribution in [1.29, 1.82) is 0 Å². The fraction of sp³-hybridized carbons (Fsp3) is 0.211. The van der Waals surface area contributed by atoms with Gasteiger partial charge in [-0.2, -0.15) is 4.98 Å². The predicted molar refractivity (Wildman–Crippen MR) is 88.3 cm³/mol. The van der Waals surface area contributed by atoms with Crippen molar-refractivity contribution >= 4 is 5.91 Å². The van der Waals surface area contributed by atoms with E-state index in [-0.39, 0.29) is 18.3 Å². The van der Waals surface area contributed by atoms with Crippen LogP contribution in [0, 0.1) is 5.82 Å². The van der Waals surface area contributed by atoms with Crippen LogP contribution in [-0.2, 0) is 12.0 Å². The van der Waals surface area contributed by atoms with E-state index in [0.29, 0.717) is 22.8 Å². The Balaban J connectivity index is 1.48.